The van der Waals surface area contributed by atoms with Gasteiger partial charge in [-0.15, -0.1) is 4.73 Å². The van der Waals surface area contributed by atoms with E-state index in [1.807, 2.05) is 6.07 Å². The van der Waals surface area contributed by atoms with Gasteiger partial charge >= 0.3 is 0 Å². The first-order valence-electron chi connectivity index (χ1n) is 6.77. The number of halogens is 3. The van der Waals surface area contributed by atoms with Crippen molar-refractivity contribution in [2.75, 3.05) is 7.11 Å². The lowest BCUT2D eigenvalue weighted by molar-refractivity contribution is 0.155. The van der Waals surface area contributed by atoms with Crippen LogP contribution in [-0.4, -0.2) is 16.8 Å². The van der Waals surface area contributed by atoms with E-state index in [4.69, 9.17) is 21.2 Å². The minimum atomic E-state index is -0.873. The molecule has 0 N–H and O–H groups in total. The van der Waals surface area contributed by atoms with Gasteiger partial charge in [0.25, 0.3) is 5.56 Å². The zero-order valence-electron chi connectivity index (χ0n) is 12.6. The number of rotatable bonds is 3. The third-order valence-corrected chi connectivity index (χ3v) is 4.26. The van der Waals surface area contributed by atoms with Crippen molar-refractivity contribution < 1.29 is 14.0 Å². The number of hydrogen-bond acceptors (Lipinski definition) is 5. The fraction of sp³-hybridized carbons (Fsp3) is 0.0625. The third-order valence-electron chi connectivity index (χ3n) is 3.36. The molecule has 0 radical (unpaired) electrons. The Labute approximate surface area is 154 Å². The molecule has 0 aliphatic rings. The Morgan fingerprint density at radius 2 is 2.16 bits per heavy atom. The number of nitriles is 1. The predicted octanol–water partition coefficient (Wildman–Crippen LogP) is 3.67. The first kappa shape index (κ1) is 17.2. The lowest BCUT2D eigenvalue weighted by atomic mass is 10.2. The molecule has 0 atom stereocenters. The van der Waals surface area contributed by atoms with Crippen LogP contribution >= 0.6 is 27.5 Å². The van der Waals surface area contributed by atoms with E-state index in [1.165, 1.54) is 37.7 Å². The monoisotopic (exact) mass is 423 g/mol. The maximum absolute atomic E-state index is 14.3. The summed E-state index contributed by atoms with van der Waals surface area (Å²) in [5.41, 5.74) is -0.0902. The Morgan fingerprint density at radius 3 is 2.84 bits per heavy atom. The summed E-state index contributed by atoms with van der Waals surface area (Å²) in [5, 5.41) is 9.23. The number of ether oxygens (including phenoxy) is 1. The normalized spacial score (nSPS) is 10.5. The van der Waals surface area contributed by atoms with Crippen LogP contribution in [-0.2, 0) is 0 Å². The van der Waals surface area contributed by atoms with Crippen molar-refractivity contribution in [2.24, 2.45) is 0 Å². The lowest BCUT2D eigenvalue weighted by Gasteiger charge is -2.11. The SMILES string of the molecule is COn1cnc2ccc(Oc3c(F)c(Cl)cc(Br)c3C#N)cc2c1=O. The Bertz CT molecular complexity index is 1090. The molecule has 2 aromatic carbocycles. The average Bonchev–Trinajstić information content (AvgIpc) is 2.60. The highest BCUT2D eigenvalue weighted by Gasteiger charge is 2.19. The van der Waals surface area contributed by atoms with Gasteiger partial charge in [0.15, 0.2) is 11.6 Å². The van der Waals surface area contributed by atoms with Gasteiger partial charge in [0.2, 0.25) is 0 Å². The van der Waals surface area contributed by atoms with Crippen LogP contribution in [0.2, 0.25) is 5.02 Å². The van der Waals surface area contributed by atoms with Crippen LogP contribution in [0.25, 0.3) is 10.9 Å². The van der Waals surface area contributed by atoms with E-state index < -0.39 is 11.4 Å². The quantitative estimate of drug-likeness (QED) is 0.600. The molecular formula is C16H8BrClFN3O3. The Morgan fingerprint density at radius 1 is 1.40 bits per heavy atom. The zero-order valence-corrected chi connectivity index (χ0v) is 14.9. The molecule has 3 rings (SSSR count). The zero-order chi connectivity index (χ0) is 18.1. The van der Waals surface area contributed by atoms with Crippen molar-refractivity contribution in [3.05, 3.63) is 61.8 Å². The number of aromatic nitrogens is 2. The molecule has 3 aromatic rings. The van der Waals surface area contributed by atoms with Gasteiger partial charge in [0, 0.05) is 4.47 Å². The van der Waals surface area contributed by atoms with Gasteiger partial charge in [-0.1, -0.05) is 11.6 Å². The van der Waals surface area contributed by atoms with Crippen molar-refractivity contribution in [1.82, 2.24) is 9.71 Å². The van der Waals surface area contributed by atoms with Crippen LogP contribution < -0.4 is 15.1 Å². The fourth-order valence-corrected chi connectivity index (χ4v) is 2.99. The number of hydrogen-bond donors (Lipinski definition) is 0. The molecule has 0 saturated carbocycles. The molecule has 0 aliphatic carbocycles. The van der Waals surface area contributed by atoms with Gasteiger partial charge in [-0.25, -0.2) is 9.37 Å². The van der Waals surface area contributed by atoms with E-state index in [1.54, 1.807) is 0 Å². The van der Waals surface area contributed by atoms with Crippen molar-refractivity contribution >= 4 is 38.4 Å². The Balaban J connectivity index is 2.15. The minimum Gasteiger partial charge on any atom is -0.453 e. The summed E-state index contributed by atoms with van der Waals surface area (Å²) in [6.45, 7) is 0. The highest BCUT2D eigenvalue weighted by atomic mass is 79.9. The molecule has 0 spiro atoms. The molecular weight excluding hydrogens is 417 g/mol. The summed E-state index contributed by atoms with van der Waals surface area (Å²) in [6, 6.07) is 7.54. The van der Waals surface area contributed by atoms with E-state index in [9.17, 15) is 14.4 Å². The molecule has 0 unspecified atom stereocenters. The summed E-state index contributed by atoms with van der Waals surface area (Å²) in [7, 11) is 1.33. The van der Waals surface area contributed by atoms with Crippen molar-refractivity contribution in [1.29, 1.82) is 5.26 Å². The molecule has 1 aromatic heterocycles. The highest BCUT2D eigenvalue weighted by Crippen LogP contribution is 2.37. The summed E-state index contributed by atoms with van der Waals surface area (Å²) in [6.07, 6.45) is 1.24. The van der Waals surface area contributed by atoms with E-state index in [0.717, 1.165) is 4.73 Å². The summed E-state index contributed by atoms with van der Waals surface area (Å²) in [5.74, 6) is -1.07. The second-order valence-corrected chi connectivity index (χ2v) is 6.07. The average molecular weight is 425 g/mol. The maximum Gasteiger partial charge on any atom is 0.294 e. The number of nitrogens with zero attached hydrogens (tertiary/aromatic N) is 3. The summed E-state index contributed by atoms with van der Waals surface area (Å²) >= 11 is 8.94. The van der Waals surface area contributed by atoms with Crippen LogP contribution in [0, 0.1) is 17.1 Å². The van der Waals surface area contributed by atoms with Gasteiger partial charge in [-0.3, -0.25) is 4.79 Å². The second-order valence-electron chi connectivity index (χ2n) is 4.81. The highest BCUT2D eigenvalue weighted by molar-refractivity contribution is 9.10. The van der Waals surface area contributed by atoms with Crippen LogP contribution in [0.5, 0.6) is 11.5 Å². The largest absolute Gasteiger partial charge is 0.453 e. The second kappa shape index (κ2) is 6.70. The predicted molar refractivity (Wildman–Crippen MR) is 92.4 cm³/mol. The van der Waals surface area contributed by atoms with Crippen LogP contribution in [0.3, 0.4) is 0 Å². The Kier molecular flexibility index (Phi) is 4.61. The molecule has 0 saturated heterocycles. The van der Waals surface area contributed by atoms with E-state index in [2.05, 4.69) is 20.9 Å². The molecule has 0 amide bonds. The molecule has 0 bridgehead atoms. The Hall–Kier alpha value is -2.63. The third kappa shape index (κ3) is 3.04. The van der Waals surface area contributed by atoms with Gasteiger partial charge in [0.05, 0.1) is 15.9 Å². The van der Waals surface area contributed by atoms with E-state index in [-0.39, 0.29) is 27.5 Å². The molecule has 6 nitrogen and oxygen atoms in total. The minimum absolute atomic E-state index is 0.0533. The fourth-order valence-electron chi connectivity index (χ4n) is 2.17. The summed E-state index contributed by atoms with van der Waals surface area (Å²) < 4.78 is 21.0. The van der Waals surface area contributed by atoms with Gasteiger partial charge < -0.3 is 9.57 Å². The molecule has 1 heterocycles. The van der Waals surface area contributed by atoms with Crippen molar-refractivity contribution in [3.63, 3.8) is 0 Å². The number of fused-ring (bicyclic) bond motifs is 1. The van der Waals surface area contributed by atoms with Gasteiger partial charge in [-0.05, 0) is 40.2 Å². The maximum atomic E-state index is 14.3. The number of benzene rings is 2. The van der Waals surface area contributed by atoms with E-state index >= 15 is 0 Å². The topological polar surface area (TPSA) is 77.1 Å². The van der Waals surface area contributed by atoms with Gasteiger partial charge in [0.1, 0.15) is 30.8 Å². The van der Waals surface area contributed by atoms with Crippen molar-refractivity contribution in [2.45, 2.75) is 0 Å². The smallest absolute Gasteiger partial charge is 0.294 e. The molecule has 126 valence electrons. The molecule has 9 heteroatoms. The standard InChI is InChI=1S/C16H8BrClFN3O3/c1-24-22-7-21-13-3-2-8(4-9(13)16(22)23)25-15-10(6-20)11(17)5-12(18)14(15)19/h2-5,7H,1H3. The van der Waals surface area contributed by atoms with Crippen LogP contribution in [0.15, 0.2) is 39.9 Å². The van der Waals surface area contributed by atoms with Crippen LogP contribution in [0.4, 0.5) is 4.39 Å². The first-order valence-corrected chi connectivity index (χ1v) is 7.94. The molecule has 25 heavy (non-hydrogen) atoms. The van der Waals surface area contributed by atoms with E-state index in [0.29, 0.717) is 9.99 Å². The van der Waals surface area contributed by atoms with Crippen molar-refractivity contribution in [3.8, 4) is 17.6 Å². The van der Waals surface area contributed by atoms with Gasteiger partial charge in [-0.2, -0.15) is 5.26 Å². The first-order chi connectivity index (χ1) is 12.0. The molecule has 0 fully saturated rings. The van der Waals surface area contributed by atoms with Crippen LogP contribution in [0.1, 0.15) is 5.56 Å². The molecule has 0 aliphatic heterocycles. The summed E-state index contributed by atoms with van der Waals surface area (Å²) in [4.78, 5) is 21.2. The lowest BCUT2D eigenvalue weighted by Crippen LogP contribution is -2.24.